The Labute approximate surface area is 146 Å². The van der Waals surface area contributed by atoms with Crippen molar-refractivity contribution in [3.05, 3.63) is 47.9 Å². The number of rotatable bonds is 5. The van der Waals surface area contributed by atoms with Crippen molar-refractivity contribution in [3.63, 3.8) is 0 Å². The molecule has 3 rings (SSSR count). The van der Waals surface area contributed by atoms with Crippen molar-refractivity contribution in [2.45, 2.75) is 26.5 Å². The number of hydrogen-bond donors (Lipinski definition) is 0. The molecule has 1 aromatic heterocycles. The molecule has 0 aliphatic carbocycles. The van der Waals surface area contributed by atoms with Crippen LogP contribution in [0.4, 0.5) is 4.39 Å². The second-order valence-corrected chi connectivity index (χ2v) is 6.16. The first-order chi connectivity index (χ1) is 12.0. The predicted molar refractivity (Wildman–Crippen MR) is 89.6 cm³/mol. The van der Waals surface area contributed by atoms with Gasteiger partial charge in [0.2, 0.25) is 5.89 Å². The number of nitrogens with zero attached hydrogens (tertiary/aromatic N) is 3. The SMILES string of the molecule is Cc1cnc(CN2CCN(C(=O)[C@H](C)Oc3ccccc3F)CC2)o1. The first-order valence-corrected chi connectivity index (χ1v) is 8.36. The highest BCUT2D eigenvalue weighted by Gasteiger charge is 2.27. The number of benzene rings is 1. The van der Waals surface area contributed by atoms with Gasteiger partial charge in [0.05, 0.1) is 12.7 Å². The zero-order chi connectivity index (χ0) is 17.8. The lowest BCUT2D eigenvalue weighted by Gasteiger charge is -2.35. The maximum atomic E-state index is 13.6. The molecule has 0 N–H and O–H groups in total. The van der Waals surface area contributed by atoms with Gasteiger partial charge in [0.25, 0.3) is 5.91 Å². The van der Waals surface area contributed by atoms with E-state index >= 15 is 0 Å². The summed E-state index contributed by atoms with van der Waals surface area (Å²) in [5, 5.41) is 0. The summed E-state index contributed by atoms with van der Waals surface area (Å²) in [6, 6.07) is 6.10. The van der Waals surface area contributed by atoms with Crippen molar-refractivity contribution in [3.8, 4) is 5.75 Å². The van der Waals surface area contributed by atoms with Gasteiger partial charge in [0, 0.05) is 26.2 Å². The number of aryl methyl sites for hydroxylation is 1. The van der Waals surface area contributed by atoms with Crippen LogP contribution in [-0.2, 0) is 11.3 Å². The van der Waals surface area contributed by atoms with Crippen LogP contribution in [0.2, 0.25) is 0 Å². The summed E-state index contributed by atoms with van der Waals surface area (Å²) in [4.78, 5) is 20.7. The van der Waals surface area contributed by atoms with E-state index in [1.54, 1.807) is 30.2 Å². The smallest absolute Gasteiger partial charge is 0.263 e. The van der Waals surface area contributed by atoms with Crippen molar-refractivity contribution in [1.82, 2.24) is 14.8 Å². The highest BCUT2D eigenvalue weighted by atomic mass is 19.1. The zero-order valence-electron chi connectivity index (χ0n) is 14.4. The van der Waals surface area contributed by atoms with E-state index in [1.165, 1.54) is 12.1 Å². The summed E-state index contributed by atoms with van der Waals surface area (Å²) in [6.45, 7) is 6.82. The predicted octanol–water partition coefficient (Wildman–Crippen LogP) is 2.23. The Morgan fingerprint density at radius 1 is 1.32 bits per heavy atom. The molecule has 1 aromatic carbocycles. The van der Waals surface area contributed by atoms with Gasteiger partial charge in [0.15, 0.2) is 17.7 Å². The monoisotopic (exact) mass is 347 g/mol. The zero-order valence-corrected chi connectivity index (χ0v) is 14.4. The number of halogens is 1. The summed E-state index contributed by atoms with van der Waals surface area (Å²) in [6.07, 6.45) is 0.981. The molecule has 7 heteroatoms. The molecule has 6 nitrogen and oxygen atoms in total. The van der Waals surface area contributed by atoms with E-state index in [9.17, 15) is 9.18 Å². The van der Waals surface area contributed by atoms with Crippen molar-refractivity contribution in [2.24, 2.45) is 0 Å². The van der Waals surface area contributed by atoms with E-state index < -0.39 is 11.9 Å². The third-order valence-electron chi connectivity index (χ3n) is 4.20. The van der Waals surface area contributed by atoms with Crippen LogP contribution in [0.3, 0.4) is 0 Å². The van der Waals surface area contributed by atoms with Gasteiger partial charge in [-0.05, 0) is 26.0 Å². The second kappa shape index (κ2) is 7.65. The third kappa shape index (κ3) is 4.36. The molecule has 0 spiro atoms. The van der Waals surface area contributed by atoms with Crippen LogP contribution in [0.15, 0.2) is 34.9 Å². The van der Waals surface area contributed by atoms with E-state index in [4.69, 9.17) is 9.15 Å². The van der Waals surface area contributed by atoms with E-state index in [-0.39, 0.29) is 11.7 Å². The van der Waals surface area contributed by atoms with Crippen molar-refractivity contribution >= 4 is 5.91 Å². The molecule has 1 aliphatic heterocycles. The fourth-order valence-corrected chi connectivity index (χ4v) is 2.83. The Kier molecular flexibility index (Phi) is 5.33. The van der Waals surface area contributed by atoms with E-state index in [0.717, 1.165) is 18.8 Å². The molecule has 25 heavy (non-hydrogen) atoms. The minimum absolute atomic E-state index is 0.0984. The maximum Gasteiger partial charge on any atom is 0.263 e. The molecule has 2 heterocycles. The average Bonchev–Trinajstić information content (AvgIpc) is 3.02. The van der Waals surface area contributed by atoms with Gasteiger partial charge in [0.1, 0.15) is 5.76 Å². The van der Waals surface area contributed by atoms with Gasteiger partial charge in [-0.15, -0.1) is 0 Å². The minimum Gasteiger partial charge on any atom is -0.478 e. The Morgan fingerprint density at radius 2 is 2.04 bits per heavy atom. The van der Waals surface area contributed by atoms with E-state index in [0.29, 0.717) is 25.5 Å². The topological polar surface area (TPSA) is 58.8 Å². The summed E-state index contributed by atoms with van der Waals surface area (Å²) in [5.41, 5.74) is 0. The number of oxazole rings is 1. The van der Waals surface area contributed by atoms with Crippen LogP contribution in [0.25, 0.3) is 0 Å². The van der Waals surface area contributed by atoms with Crippen LogP contribution >= 0.6 is 0 Å². The standard InChI is InChI=1S/C18H22FN3O3/c1-13-11-20-17(24-13)12-21-7-9-22(10-8-21)18(23)14(2)25-16-6-4-3-5-15(16)19/h3-6,11,14H,7-10,12H2,1-2H3/t14-/m0/s1. The lowest BCUT2D eigenvalue weighted by atomic mass is 10.2. The fraction of sp³-hybridized carbons (Fsp3) is 0.444. The first kappa shape index (κ1) is 17.4. The molecule has 2 aromatic rings. The number of carbonyl (C=O) groups excluding carboxylic acids is 1. The number of amides is 1. The van der Waals surface area contributed by atoms with Crippen molar-refractivity contribution < 1.29 is 18.3 Å². The van der Waals surface area contributed by atoms with Gasteiger partial charge in [-0.3, -0.25) is 9.69 Å². The Morgan fingerprint density at radius 3 is 2.68 bits per heavy atom. The van der Waals surface area contributed by atoms with Crippen LogP contribution in [0.5, 0.6) is 5.75 Å². The number of para-hydroxylation sites is 1. The molecular formula is C18H22FN3O3. The quantitative estimate of drug-likeness (QED) is 0.830. The van der Waals surface area contributed by atoms with E-state index in [1.807, 2.05) is 6.92 Å². The Hall–Kier alpha value is -2.41. The molecule has 0 unspecified atom stereocenters. The molecule has 1 atom stereocenters. The largest absolute Gasteiger partial charge is 0.478 e. The van der Waals surface area contributed by atoms with Crippen LogP contribution in [0.1, 0.15) is 18.6 Å². The van der Waals surface area contributed by atoms with Gasteiger partial charge in [-0.1, -0.05) is 12.1 Å². The Bertz CT molecular complexity index is 726. The number of carbonyl (C=O) groups is 1. The Balaban J connectivity index is 1.50. The van der Waals surface area contributed by atoms with Gasteiger partial charge in [-0.2, -0.15) is 0 Å². The van der Waals surface area contributed by atoms with Crippen molar-refractivity contribution in [2.75, 3.05) is 26.2 Å². The number of piperazine rings is 1. The van der Waals surface area contributed by atoms with Gasteiger partial charge >= 0.3 is 0 Å². The number of ether oxygens (including phenoxy) is 1. The van der Waals surface area contributed by atoms with E-state index in [2.05, 4.69) is 9.88 Å². The molecule has 134 valence electrons. The molecule has 1 saturated heterocycles. The molecular weight excluding hydrogens is 325 g/mol. The number of hydrogen-bond acceptors (Lipinski definition) is 5. The lowest BCUT2D eigenvalue weighted by Crippen LogP contribution is -2.51. The first-order valence-electron chi connectivity index (χ1n) is 8.36. The molecule has 0 saturated carbocycles. The summed E-state index contributed by atoms with van der Waals surface area (Å²) in [5.74, 6) is 0.987. The summed E-state index contributed by atoms with van der Waals surface area (Å²) >= 11 is 0. The van der Waals surface area contributed by atoms with Crippen molar-refractivity contribution in [1.29, 1.82) is 0 Å². The molecule has 1 amide bonds. The second-order valence-electron chi connectivity index (χ2n) is 6.16. The van der Waals surface area contributed by atoms with Gasteiger partial charge < -0.3 is 14.1 Å². The number of aromatic nitrogens is 1. The molecule has 0 bridgehead atoms. The van der Waals surface area contributed by atoms with Crippen LogP contribution in [0, 0.1) is 12.7 Å². The summed E-state index contributed by atoms with van der Waals surface area (Å²) in [7, 11) is 0. The molecule has 1 aliphatic rings. The normalized spacial score (nSPS) is 16.7. The van der Waals surface area contributed by atoms with Crippen LogP contribution in [-0.4, -0.2) is 53.0 Å². The lowest BCUT2D eigenvalue weighted by molar-refractivity contribution is -0.139. The highest BCUT2D eigenvalue weighted by molar-refractivity contribution is 5.81. The third-order valence-corrected chi connectivity index (χ3v) is 4.20. The average molecular weight is 347 g/mol. The fourth-order valence-electron chi connectivity index (χ4n) is 2.83. The van der Waals surface area contributed by atoms with Crippen LogP contribution < -0.4 is 4.74 Å². The summed E-state index contributed by atoms with van der Waals surface area (Å²) < 4.78 is 24.6. The molecule has 1 fully saturated rings. The van der Waals surface area contributed by atoms with Gasteiger partial charge in [-0.25, -0.2) is 9.37 Å². The minimum atomic E-state index is -0.724. The molecule has 0 radical (unpaired) electrons. The highest BCUT2D eigenvalue weighted by Crippen LogP contribution is 2.18. The maximum absolute atomic E-state index is 13.6.